The van der Waals surface area contributed by atoms with E-state index >= 15 is 0 Å². The number of carbonyl (C=O) groups excluding carboxylic acids is 1. The van der Waals surface area contributed by atoms with Gasteiger partial charge in [-0.2, -0.15) is 0 Å². The molecule has 0 aliphatic carbocycles. The SMILES string of the molecule is CC1=NN(c2ccc(Cn3c(=O)n(CCN4CCC(C(=O)c5ccc(F)cc5)CC4)c4ccccc43)cc2)CO1. The van der Waals surface area contributed by atoms with Crippen LogP contribution in [-0.4, -0.2) is 52.1 Å². The smallest absolute Gasteiger partial charge is 0.329 e. The van der Waals surface area contributed by atoms with Gasteiger partial charge in [-0.25, -0.2) is 14.2 Å². The van der Waals surface area contributed by atoms with Gasteiger partial charge in [0.1, 0.15) is 5.82 Å². The van der Waals surface area contributed by atoms with Crippen molar-refractivity contribution in [3.8, 4) is 0 Å². The number of nitrogens with zero attached hydrogens (tertiary/aromatic N) is 5. The predicted octanol–water partition coefficient (Wildman–Crippen LogP) is 4.71. The first kappa shape index (κ1) is 26.0. The maximum Gasteiger partial charge on any atom is 0.329 e. The van der Waals surface area contributed by atoms with Gasteiger partial charge in [0.25, 0.3) is 0 Å². The molecule has 1 aromatic heterocycles. The van der Waals surface area contributed by atoms with Gasteiger partial charge in [-0.05, 0) is 80.0 Å². The quantitative estimate of drug-likeness (QED) is 0.302. The summed E-state index contributed by atoms with van der Waals surface area (Å²) in [6, 6.07) is 21.8. The van der Waals surface area contributed by atoms with Crippen LogP contribution in [0.25, 0.3) is 11.0 Å². The van der Waals surface area contributed by atoms with Gasteiger partial charge < -0.3 is 9.64 Å². The highest BCUT2D eigenvalue weighted by Gasteiger charge is 2.26. The molecule has 0 atom stereocenters. The van der Waals surface area contributed by atoms with Gasteiger partial charge in [0.2, 0.25) is 5.90 Å². The predicted molar refractivity (Wildman–Crippen MR) is 153 cm³/mol. The van der Waals surface area contributed by atoms with Gasteiger partial charge in [-0.15, -0.1) is 5.10 Å². The molecule has 0 spiro atoms. The number of ketones is 1. The number of piperidine rings is 1. The van der Waals surface area contributed by atoms with Crippen LogP contribution in [-0.2, 0) is 17.8 Å². The van der Waals surface area contributed by atoms with Crippen LogP contribution in [0.2, 0.25) is 0 Å². The maximum atomic E-state index is 13.6. The van der Waals surface area contributed by atoms with Crippen molar-refractivity contribution in [1.29, 1.82) is 0 Å². The summed E-state index contributed by atoms with van der Waals surface area (Å²) in [6.45, 7) is 5.61. The van der Waals surface area contributed by atoms with Gasteiger partial charge in [0.05, 0.1) is 23.3 Å². The Kier molecular flexibility index (Phi) is 7.21. The zero-order valence-electron chi connectivity index (χ0n) is 22.5. The van der Waals surface area contributed by atoms with Crippen LogP contribution in [0.15, 0.2) is 82.7 Å². The Bertz CT molecular complexity index is 1600. The highest BCUT2D eigenvalue weighted by molar-refractivity contribution is 5.97. The molecule has 0 radical (unpaired) electrons. The van der Waals surface area contributed by atoms with Crippen LogP contribution in [0.3, 0.4) is 0 Å². The van der Waals surface area contributed by atoms with Crippen LogP contribution in [0, 0.1) is 11.7 Å². The number of hydrogen-bond acceptors (Lipinski definition) is 6. The number of halogens is 1. The molecule has 8 nitrogen and oxygen atoms in total. The van der Waals surface area contributed by atoms with E-state index in [1.807, 2.05) is 64.6 Å². The second kappa shape index (κ2) is 11.1. The third-order valence-electron chi connectivity index (χ3n) is 7.88. The Labute approximate surface area is 231 Å². The van der Waals surface area contributed by atoms with Crippen molar-refractivity contribution < 1.29 is 13.9 Å². The highest BCUT2D eigenvalue weighted by atomic mass is 19.1. The number of aromatic nitrogens is 2. The number of ether oxygens (including phenoxy) is 1. The van der Waals surface area contributed by atoms with Crippen molar-refractivity contribution in [2.24, 2.45) is 11.0 Å². The minimum Gasteiger partial charge on any atom is -0.457 e. The zero-order chi connectivity index (χ0) is 27.6. The van der Waals surface area contributed by atoms with Crippen molar-refractivity contribution in [2.45, 2.75) is 32.9 Å². The van der Waals surface area contributed by atoms with Crippen LogP contribution >= 0.6 is 0 Å². The fourth-order valence-corrected chi connectivity index (χ4v) is 5.62. The summed E-state index contributed by atoms with van der Waals surface area (Å²) in [5, 5.41) is 6.16. The summed E-state index contributed by atoms with van der Waals surface area (Å²) in [7, 11) is 0. The third kappa shape index (κ3) is 5.29. The molecule has 206 valence electrons. The molecule has 0 bridgehead atoms. The number of imidazole rings is 1. The molecule has 3 aromatic carbocycles. The second-order valence-corrected chi connectivity index (χ2v) is 10.5. The summed E-state index contributed by atoms with van der Waals surface area (Å²) < 4.78 is 22.3. The molecule has 0 amide bonds. The minimum atomic E-state index is -0.334. The van der Waals surface area contributed by atoms with Gasteiger partial charge >= 0.3 is 5.69 Å². The molecule has 0 N–H and O–H groups in total. The molecule has 0 saturated carbocycles. The lowest BCUT2D eigenvalue weighted by molar-refractivity contribution is 0.0837. The van der Waals surface area contributed by atoms with E-state index in [0.29, 0.717) is 31.3 Å². The van der Waals surface area contributed by atoms with E-state index in [2.05, 4.69) is 10.0 Å². The standard InChI is InChI=1S/C31H32FN5O3/c1-22-33-37(21-40-22)27-12-6-23(7-13-27)20-36-29-5-3-2-4-28(29)35(31(36)39)19-18-34-16-14-25(15-17-34)30(38)24-8-10-26(32)11-9-24/h2-13,25H,14-21H2,1H3. The van der Waals surface area contributed by atoms with Crippen LogP contribution in [0.4, 0.5) is 10.1 Å². The summed E-state index contributed by atoms with van der Waals surface area (Å²) in [4.78, 5) is 28.7. The molecule has 3 heterocycles. The molecular weight excluding hydrogens is 509 g/mol. The normalized spacial score (nSPS) is 16.4. The van der Waals surface area contributed by atoms with Gasteiger partial charge in [0, 0.05) is 31.5 Å². The largest absolute Gasteiger partial charge is 0.457 e. The number of hydrazone groups is 1. The van der Waals surface area contributed by atoms with Crippen molar-refractivity contribution in [3.05, 3.63) is 100 Å². The molecule has 2 aliphatic rings. The molecular formula is C31H32FN5O3. The van der Waals surface area contributed by atoms with E-state index in [-0.39, 0.29) is 23.2 Å². The van der Waals surface area contributed by atoms with Crippen LogP contribution in [0.5, 0.6) is 0 Å². The molecule has 9 heteroatoms. The number of para-hydroxylation sites is 2. The minimum absolute atomic E-state index is 0.0279. The number of hydrogen-bond donors (Lipinski definition) is 0. The average molecular weight is 542 g/mol. The van der Waals surface area contributed by atoms with E-state index < -0.39 is 0 Å². The Hall–Kier alpha value is -4.24. The summed E-state index contributed by atoms with van der Waals surface area (Å²) >= 11 is 0. The van der Waals surface area contributed by atoms with E-state index in [9.17, 15) is 14.0 Å². The molecule has 0 unspecified atom stereocenters. The monoisotopic (exact) mass is 541 g/mol. The lowest BCUT2D eigenvalue weighted by Crippen LogP contribution is -2.39. The van der Waals surface area contributed by atoms with Gasteiger partial charge in [-0.1, -0.05) is 24.3 Å². The van der Waals surface area contributed by atoms with E-state index in [1.54, 1.807) is 17.1 Å². The maximum absolute atomic E-state index is 13.6. The molecule has 1 saturated heterocycles. The lowest BCUT2D eigenvalue weighted by Gasteiger charge is -2.31. The summed E-state index contributed by atoms with van der Waals surface area (Å²) in [6.07, 6.45) is 1.52. The Balaban J connectivity index is 1.12. The third-order valence-corrected chi connectivity index (χ3v) is 7.88. The van der Waals surface area contributed by atoms with E-state index in [1.165, 1.54) is 12.1 Å². The van der Waals surface area contributed by atoms with Gasteiger partial charge in [0.15, 0.2) is 12.5 Å². The van der Waals surface area contributed by atoms with Crippen molar-refractivity contribution >= 4 is 28.4 Å². The first-order valence-electron chi connectivity index (χ1n) is 13.7. The van der Waals surface area contributed by atoms with E-state index in [0.717, 1.165) is 54.8 Å². The number of fused-ring (bicyclic) bond motifs is 1. The first-order chi connectivity index (χ1) is 19.5. The molecule has 40 heavy (non-hydrogen) atoms. The number of carbonyl (C=O) groups is 1. The van der Waals surface area contributed by atoms with Crippen molar-refractivity contribution in [1.82, 2.24) is 14.0 Å². The van der Waals surface area contributed by atoms with Crippen LogP contribution in [0.1, 0.15) is 35.7 Å². The summed E-state index contributed by atoms with van der Waals surface area (Å²) in [5.41, 5.74) is 4.35. The molecule has 6 rings (SSSR count). The summed E-state index contributed by atoms with van der Waals surface area (Å²) in [5.74, 6) is 0.348. The molecule has 2 aliphatic heterocycles. The number of likely N-dealkylation sites (tertiary alicyclic amines) is 1. The average Bonchev–Trinajstić information content (AvgIpc) is 3.53. The number of rotatable bonds is 8. The second-order valence-electron chi connectivity index (χ2n) is 10.5. The highest BCUT2D eigenvalue weighted by Crippen LogP contribution is 2.23. The number of benzene rings is 3. The number of Topliss-reactive ketones (excluding diaryl/α,β-unsaturated/α-hetero) is 1. The Morgan fingerprint density at radius 2 is 1.60 bits per heavy atom. The topological polar surface area (TPSA) is 72.1 Å². The number of anilines is 1. The zero-order valence-corrected chi connectivity index (χ0v) is 22.5. The Morgan fingerprint density at radius 1 is 0.925 bits per heavy atom. The first-order valence-corrected chi connectivity index (χ1v) is 13.7. The van der Waals surface area contributed by atoms with Crippen molar-refractivity contribution in [2.75, 3.05) is 31.4 Å². The Morgan fingerprint density at radius 3 is 2.25 bits per heavy atom. The fraction of sp³-hybridized carbons (Fsp3) is 0.323. The molecule has 1 fully saturated rings. The van der Waals surface area contributed by atoms with Gasteiger partial charge in [-0.3, -0.25) is 13.9 Å². The van der Waals surface area contributed by atoms with Crippen molar-refractivity contribution in [3.63, 3.8) is 0 Å². The van der Waals surface area contributed by atoms with Crippen LogP contribution < -0.4 is 10.7 Å². The fourth-order valence-electron chi connectivity index (χ4n) is 5.62. The molecule has 4 aromatic rings. The van der Waals surface area contributed by atoms with E-state index in [4.69, 9.17) is 4.74 Å². The lowest BCUT2D eigenvalue weighted by atomic mass is 9.89.